The lowest BCUT2D eigenvalue weighted by molar-refractivity contribution is -0.122. The number of nitrogens with one attached hydrogen (secondary N) is 1. The van der Waals surface area contributed by atoms with Crippen LogP contribution in [-0.4, -0.2) is 25.7 Å². The molecule has 0 atom stereocenters. The molecule has 0 aliphatic carbocycles. The number of fused-ring (bicyclic) bond motifs is 1. The summed E-state index contributed by atoms with van der Waals surface area (Å²) in [7, 11) is 0. The lowest BCUT2D eigenvalue weighted by Crippen LogP contribution is -2.28. The Morgan fingerprint density at radius 1 is 1.23 bits per heavy atom. The van der Waals surface area contributed by atoms with Crippen molar-refractivity contribution in [3.05, 3.63) is 29.8 Å². The quantitative estimate of drug-likeness (QED) is 0.848. The zero-order valence-electron chi connectivity index (χ0n) is 13.6. The van der Waals surface area contributed by atoms with Gasteiger partial charge >= 0.3 is 0 Å². The number of rotatable bonds is 5. The first-order chi connectivity index (χ1) is 10.4. The van der Waals surface area contributed by atoms with E-state index in [1.807, 2.05) is 24.3 Å². The third kappa shape index (κ3) is 5.43. The fraction of sp³-hybridized carbons (Fsp3) is 0.500. The molecule has 1 aliphatic rings. The second-order valence-corrected chi connectivity index (χ2v) is 6.68. The van der Waals surface area contributed by atoms with Crippen molar-refractivity contribution in [1.82, 2.24) is 5.32 Å². The third-order valence-electron chi connectivity index (χ3n) is 3.20. The van der Waals surface area contributed by atoms with Crippen LogP contribution in [0.5, 0.6) is 11.5 Å². The number of hydrogen-bond acceptors (Lipinski definition) is 3. The lowest BCUT2D eigenvalue weighted by Gasteiger charge is -2.18. The number of hydrogen-bond donors (Lipinski definition) is 1. The molecule has 0 unspecified atom stereocenters. The monoisotopic (exact) mass is 303 g/mol. The minimum Gasteiger partial charge on any atom is -0.486 e. The highest BCUT2D eigenvalue weighted by Crippen LogP contribution is 2.31. The van der Waals surface area contributed by atoms with E-state index < -0.39 is 0 Å². The summed E-state index contributed by atoms with van der Waals surface area (Å²) in [5, 5.41) is 2.94. The number of carbonyl (C=O) groups excluding carboxylic acids is 1. The molecule has 120 valence electrons. The second kappa shape index (κ2) is 7.34. The van der Waals surface area contributed by atoms with Gasteiger partial charge in [-0.05, 0) is 29.5 Å². The van der Waals surface area contributed by atoms with E-state index >= 15 is 0 Å². The van der Waals surface area contributed by atoms with Crippen molar-refractivity contribution in [1.29, 1.82) is 0 Å². The van der Waals surface area contributed by atoms with Gasteiger partial charge in [0.05, 0.1) is 0 Å². The summed E-state index contributed by atoms with van der Waals surface area (Å²) in [6, 6.07) is 5.91. The topological polar surface area (TPSA) is 47.6 Å². The zero-order chi connectivity index (χ0) is 16.0. The molecule has 4 heteroatoms. The molecule has 0 spiro atoms. The van der Waals surface area contributed by atoms with E-state index in [0.717, 1.165) is 23.5 Å². The van der Waals surface area contributed by atoms with Crippen molar-refractivity contribution in [3.63, 3.8) is 0 Å². The predicted octanol–water partition coefficient (Wildman–Crippen LogP) is 3.41. The summed E-state index contributed by atoms with van der Waals surface area (Å²) >= 11 is 0. The van der Waals surface area contributed by atoms with Gasteiger partial charge in [0.15, 0.2) is 11.5 Å². The molecule has 1 aromatic rings. The highest BCUT2D eigenvalue weighted by atomic mass is 16.6. The normalized spacial score (nSPS) is 14.1. The van der Waals surface area contributed by atoms with Gasteiger partial charge in [-0.1, -0.05) is 39.0 Å². The number of carbonyl (C=O) groups is 1. The Hall–Kier alpha value is -1.97. The predicted molar refractivity (Wildman–Crippen MR) is 88.2 cm³/mol. The molecule has 22 heavy (non-hydrogen) atoms. The van der Waals surface area contributed by atoms with Crippen molar-refractivity contribution in [3.8, 4) is 11.5 Å². The molecule has 1 aromatic carbocycles. The molecule has 0 aromatic heterocycles. The summed E-state index contributed by atoms with van der Waals surface area (Å²) in [5.41, 5.74) is 1.11. The van der Waals surface area contributed by atoms with Crippen LogP contribution >= 0.6 is 0 Å². The molecule has 0 radical (unpaired) electrons. The summed E-state index contributed by atoms with van der Waals surface area (Å²) < 4.78 is 11.0. The molecule has 4 nitrogen and oxygen atoms in total. The van der Waals surface area contributed by atoms with Gasteiger partial charge < -0.3 is 14.8 Å². The molecule has 1 heterocycles. The Morgan fingerprint density at radius 2 is 1.95 bits per heavy atom. The van der Waals surface area contributed by atoms with Crippen LogP contribution in [0.3, 0.4) is 0 Å². The maximum Gasteiger partial charge on any atom is 0.220 e. The van der Waals surface area contributed by atoms with Gasteiger partial charge in [-0.15, -0.1) is 0 Å². The average molecular weight is 303 g/mol. The van der Waals surface area contributed by atoms with Crippen LogP contribution < -0.4 is 14.8 Å². The largest absolute Gasteiger partial charge is 0.486 e. The van der Waals surface area contributed by atoms with Gasteiger partial charge in [-0.2, -0.15) is 0 Å². The van der Waals surface area contributed by atoms with Gasteiger partial charge in [0.1, 0.15) is 13.2 Å². The molecule has 1 amide bonds. The first-order valence-electron chi connectivity index (χ1n) is 7.77. The van der Waals surface area contributed by atoms with Crippen molar-refractivity contribution in [2.45, 2.75) is 33.6 Å². The van der Waals surface area contributed by atoms with Crippen LogP contribution in [0.1, 0.15) is 39.2 Å². The molecule has 1 aliphatic heterocycles. The fourth-order valence-corrected chi connectivity index (χ4v) is 2.22. The fourth-order valence-electron chi connectivity index (χ4n) is 2.22. The van der Waals surface area contributed by atoms with Crippen LogP contribution in [0.25, 0.3) is 6.08 Å². The number of ether oxygens (including phenoxy) is 2. The summed E-state index contributed by atoms with van der Waals surface area (Å²) in [4.78, 5) is 11.7. The standard InChI is InChI=1S/C18H25NO3/c1-18(2,3)13-17(20)19-9-5-4-6-14-7-8-15-16(12-14)22-11-10-21-15/h4,6-8,12H,5,9-11,13H2,1-3H3,(H,19,20)/b6-4+. The van der Waals surface area contributed by atoms with Crippen LogP contribution in [0.2, 0.25) is 0 Å². The molecule has 2 rings (SSSR count). The highest BCUT2D eigenvalue weighted by molar-refractivity contribution is 5.76. The minimum absolute atomic E-state index is 0.0329. The Kier molecular flexibility index (Phi) is 5.47. The summed E-state index contributed by atoms with van der Waals surface area (Å²) in [6.45, 7) is 8.06. The second-order valence-electron chi connectivity index (χ2n) is 6.68. The van der Waals surface area contributed by atoms with Gasteiger partial charge in [0, 0.05) is 13.0 Å². The zero-order valence-corrected chi connectivity index (χ0v) is 13.6. The van der Waals surface area contributed by atoms with Gasteiger partial charge in [0.2, 0.25) is 5.91 Å². The summed E-state index contributed by atoms with van der Waals surface area (Å²) in [5.74, 6) is 1.71. The van der Waals surface area contributed by atoms with Crippen LogP contribution in [0.15, 0.2) is 24.3 Å². The van der Waals surface area contributed by atoms with E-state index in [9.17, 15) is 4.79 Å². The van der Waals surface area contributed by atoms with Gasteiger partial charge in [0.25, 0.3) is 0 Å². The van der Waals surface area contributed by atoms with Crippen LogP contribution in [0, 0.1) is 5.41 Å². The van der Waals surface area contributed by atoms with Crippen molar-refractivity contribution >= 4 is 12.0 Å². The number of benzene rings is 1. The summed E-state index contributed by atoms with van der Waals surface area (Å²) in [6.07, 6.45) is 5.46. The van der Waals surface area contributed by atoms with Crippen molar-refractivity contribution in [2.24, 2.45) is 5.41 Å². The van der Waals surface area contributed by atoms with E-state index in [0.29, 0.717) is 26.2 Å². The van der Waals surface area contributed by atoms with Crippen molar-refractivity contribution in [2.75, 3.05) is 19.8 Å². The average Bonchev–Trinajstić information content (AvgIpc) is 2.45. The molecular formula is C18H25NO3. The van der Waals surface area contributed by atoms with Crippen LogP contribution in [0.4, 0.5) is 0 Å². The van der Waals surface area contributed by atoms with E-state index in [4.69, 9.17) is 9.47 Å². The first kappa shape index (κ1) is 16.4. The minimum atomic E-state index is 0.0329. The molecule has 0 saturated carbocycles. The molecule has 0 bridgehead atoms. The molecule has 1 N–H and O–H groups in total. The van der Waals surface area contributed by atoms with Crippen LogP contribution in [-0.2, 0) is 4.79 Å². The third-order valence-corrected chi connectivity index (χ3v) is 3.20. The van der Waals surface area contributed by atoms with E-state index in [1.165, 1.54) is 0 Å². The Balaban J connectivity index is 1.75. The Bertz CT molecular complexity index is 544. The van der Waals surface area contributed by atoms with E-state index in [1.54, 1.807) is 0 Å². The van der Waals surface area contributed by atoms with Gasteiger partial charge in [-0.3, -0.25) is 4.79 Å². The van der Waals surface area contributed by atoms with E-state index in [2.05, 4.69) is 32.2 Å². The molecular weight excluding hydrogens is 278 g/mol. The first-order valence-corrected chi connectivity index (χ1v) is 7.77. The molecule has 0 fully saturated rings. The smallest absolute Gasteiger partial charge is 0.220 e. The Morgan fingerprint density at radius 3 is 2.68 bits per heavy atom. The van der Waals surface area contributed by atoms with Crippen molar-refractivity contribution < 1.29 is 14.3 Å². The maximum absolute atomic E-state index is 11.7. The van der Waals surface area contributed by atoms with E-state index in [-0.39, 0.29) is 11.3 Å². The lowest BCUT2D eigenvalue weighted by atomic mass is 9.92. The number of amides is 1. The maximum atomic E-state index is 11.7. The molecule has 0 saturated heterocycles. The Labute approximate surface area is 132 Å². The van der Waals surface area contributed by atoms with Gasteiger partial charge in [-0.25, -0.2) is 0 Å². The highest BCUT2D eigenvalue weighted by Gasteiger charge is 2.15. The SMILES string of the molecule is CC(C)(C)CC(=O)NCC/C=C/c1ccc2c(c1)OCCO2.